The zero-order chi connectivity index (χ0) is 18.6. The molecular weight excluding hydrogens is 336 g/mol. The maximum Gasteiger partial charge on any atom is 0.313 e. The number of ether oxygens (including phenoxy) is 1. The van der Waals surface area contributed by atoms with E-state index in [-0.39, 0.29) is 12.4 Å². The quantitative estimate of drug-likeness (QED) is 0.423. The average molecular weight is 356 g/mol. The molecule has 2 aromatic carbocycles. The average Bonchev–Trinajstić information content (AvgIpc) is 3.18. The van der Waals surface area contributed by atoms with Crippen molar-refractivity contribution < 1.29 is 13.9 Å². The third-order valence-corrected chi connectivity index (χ3v) is 4.56. The number of hydrogen-bond acceptors (Lipinski definition) is 3. The second-order valence-corrected chi connectivity index (χ2v) is 6.35. The van der Waals surface area contributed by atoms with Crippen molar-refractivity contribution in [2.45, 2.75) is 13.3 Å². The van der Waals surface area contributed by atoms with Gasteiger partial charge in [-0.1, -0.05) is 72.8 Å². The van der Waals surface area contributed by atoms with Gasteiger partial charge in [0.15, 0.2) is 0 Å². The molecule has 0 bridgehead atoms. The van der Waals surface area contributed by atoms with Gasteiger partial charge in [0.05, 0.1) is 6.61 Å². The van der Waals surface area contributed by atoms with Gasteiger partial charge in [0.25, 0.3) is 0 Å². The van der Waals surface area contributed by atoms with Gasteiger partial charge in [-0.2, -0.15) is 0 Å². The van der Waals surface area contributed by atoms with Gasteiger partial charge in [0.1, 0.15) is 17.9 Å². The van der Waals surface area contributed by atoms with Crippen LogP contribution in [0.3, 0.4) is 0 Å². The molecule has 27 heavy (non-hydrogen) atoms. The molecule has 0 amide bonds. The van der Waals surface area contributed by atoms with E-state index < -0.39 is 0 Å². The number of hydrogen-bond donors (Lipinski definition) is 0. The molecule has 0 aromatic heterocycles. The highest BCUT2D eigenvalue weighted by atomic mass is 16.5. The normalized spacial score (nSPS) is 10.9. The molecule has 0 N–H and O–H groups in total. The second kappa shape index (κ2) is 7.50. The van der Waals surface area contributed by atoms with Crippen molar-refractivity contribution in [2.75, 3.05) is 6.61 Å². The molecule has 0 saturated heterocycles. The van der Waals surface area contributed by atoms with Crippen LogP contribution in [0.4, 0.5) is 0 Å². The van der Waals surface area contributed by atoms with E-state index in [2.05, 4.69) is 24.3 Å². The van der Waals surface area contributed by atoms with E-state index in [0.717, 1.165) is 28.0 Å². The predicted molar refractivity (Wildman–Crippen MR) is 107 cm³/mol. The first-order chi connectivity index (χ1) is 13.2. The lowest BCUT2D eigenvalue weighted by Crippen LogP contribution is -2.08. The molecule has 0 spiro atoms. The van der Waals surface area contributed by atoms with Crippen LogP contribution in [0, 0.1) is 0 Å². The van der Waals surface area contributed by atoms with Gasteiger partial charge in [0, 0.05) is 11.1 Å². The summed E-state index contributed by atoms with van der Waals surface area (Å²) in [5, 5.41) is 0. The number of rotatable bonds is 5. The van der Waals surface area contributed by atoms with E-state index in [4.69, 9.17) is 9.15 Å². The molecule has 2 aromatic rings. The van der Waals surface area contributed by atoms with Gasteiger partial charge in [-0.25, -0.2) is 0 Å². The minimum absolute atomic E-state index is 0.129. The Labute approximate surface area is 158 Å². The van der Waals surface area contributed by atoms with E-state index >= 15 is 0 Å². The van der Waals surface area contributed by atoms with Crippen molar-refractivity contribution >= 4 is 5.97 Å². The van der Waals surface area contributed by atoms with Gasteiger partial charge in [-0.05, 0) is 29.7 Å². The number of esters is 1. The molecule has 1 aliphatic heterocycles. The maximum absolute atomic E-state index is 11.9. The molecule has 3 nitrogen and oxygen atoms in total. The summed E-state index contributed by atoms with van der Waals surface area (Å²) < 4.78 is 11.2. The summed E-state index contributed by atoms with van der Waals surface area (Å²) >= 11 is 0. The number of carbonyl (C=O) groups excluding carboxylic acids is 1. The highest BCUT2D eigenvalue weighted by molar-refractivity contribution is 5.79. The maximum atomic E-state index is 11.9. The van der Waals surface area contributed by atoms with Crippen LogP contribution >= 0.6 is 0 Å². The van der Waals surface area contributed by atoms with Crippen molar-refractivity contribution in [1.82, 2.24) is 0 Å². The summed E-state index contributed by atoms with van der Waals surface area (Å²) in [6.07, 6.45) is 0.129. The van der Waals surface area contributed by atoms with Gasteiger partial charge in [-0.3, -0.25) is 4.79 Å². The summed E-state index contributed by atoms with van der Waals surface area (Å²) in [6.45, 7) is 2.17. The second-order valence-electron chi connectivity index (χ2n) is 6.35. The van der Waals surface area contributed by atoms with Gasteiger partial charge in [-0.15, -0.1) is 0 Å². The van der Waals surface area contributed by atoms with E-state index in [1.165, 1.54) is 5.56 Å². The molecule has 0 atom stereocenters. The molecule has 0 fully saturated rings. The van der Waals surface area contributed by atoms with Crippen LogP contribution in [0.15, 0.2) is 83.3 Å². The Bertz CT molecular complexity index is 1010. The highest BCUT2D eigenvalue weighted by Crippen LogP contribution is 2.34. The zero-order valence-electron chi connectivity index (χ0n) is 15.1. The molecule has 0 radical (unpaired) electrons. The summed E-state index contributed by atoms with van der Waals surface area (Å²) in [6, 6.07) is 26.5. The molecule has 3 heteroatoms. The minimum Gasteiger partial charge on any atom is -0.466 e. The van der Waals surface area contributed by atoms with Crippen molar-refractivity contribution in [3.05, 3.63) is 84.6 Å². The standard InChI is InChI=1S/C24H20O3/c1-2-26-24(25)16-23-21-10-6-9-20(21)15-22(27-23)19-13-11-18(12-14-19)17-7-4-3-5-8-17/h3-15H,2,16H2,1H3. The molecule has 1 aliphatic carbocycles. The third-order valence-electron chi connectivity index (χ3n) is 4.56. The fraction of sp³-hybridized carbons (Fsp3) is 0.125. The summed E-state index contributed by atoms with van der Waals surface area (Å²) in [7, 11) is 0. The van der Waals surface area contributed by atoms with Gasteiger partial charge >= 0.3 is 5.97 Å². The summed E-state index contributed by atoms with van der Waals surface area (Å²) in [5.74, 6) is 1.10. The third kappa shape index (κ3) is 3.63. The Hall–Kier alpha value is -3.33. The van der Waals surface area contributed by atoms with Crippen molar-refractivity contribution in [3.63, 3.8) is 0 Å². The molecule has 0 unspecified atom stereocenters. The highest BCUT2D eigenvalue weighted by Gasteiger charge is 2.17. The van der Waals surface area contributed by atoms with E-state index in [0.29, 0.717) is 12.4 Å². The van der Waals surface area contributed by atoms with Crippen LogP contribution < -0.4 is 0 Å². The van der Waals surface area contributed by atoms with Crippen LogP contribution in [-0.4, -0.2) is 12.6 Å². The SMILES string of the molecule is CCOC(=O)Cc1oc(-c2ccc(-c3ccccc3)cc2)cc2cccc1-2. The van der Waals surface area contributed by atoms with Gasteiger partial charge < -0.3 is 9.15 Å². The first-order valence-electron chi connectivity index (χ1n) is 9.07. The summed E-state index contributed by atoms with van der Waals surface area (Å²) in [5.41, 5.74) is 5.31. The first-order valence-corrected chi connectivity index (χ1v) is 9.07. The Morgan fingerprint density at radius 2 is 1.48 bits per heavy atom. The Balaban J connectivity index is 1.69. The van der Waals surface area contributed by atoms with Crippen molar-refractivity contribution in [3.8, 4) is 33.6 Å². The lowest BCUT2D eigenvalue weighted by atomic mass is 10.0. The first kappa shape index (κ1) is 17.1. The van der Waals surface area contributed by atoms with E-state index in [9.17, 15) is 4.79 Å². The topological polar surface area (TPSA) is 39.4 Å². The zero-order valence-corrected chi connectivity index (χ0v) is 15.1. The smallest absolute Gasteiger partial charge is 0.313 e. The van der Waals surface area contributed by atoms with Crippen LogP contribution in [0.5, 0.6) is 0 Å². The van der Waals surface area contributed by atoms with Gasteiger partial charge in [0.2, 0.25) is 0 Å². The summed E-state index contributed by atoms with van der Waals surface area (Å²) in [4.78, 5) is 11.9. The Kier molecular flexibility index (Phi) is 4.75. The molecule has 1 heterocycles. The van der Waals surface area contributed by atoms with Crippen molar-refractivity contribution in [2.24, 2.45) is 0 Å². The monoisotopic (exact) mass is 356 g/mol. The fourth-order valence-corrected chi connectivity index (χ4v) is 3.25. The molecular formula is C24H20O3. The molecule has 2 aliphatic rings. The predicted octanol–water partition coefficient (Wildman–Crippen LogP) is 5.82. The number of carbonyl (C=O) groups is 1. The molecule has 4 rings (SSSR count). The Morgan fingerprint density at radius 3 is 2.22 bits per heavy atom. The minimum atomic E-state index is -0.277. The van der Waals surface area contributed by atoms with Crippen molar-refractivity contribution in [1.29, 1.82) is 0 Å². The van der Waals surface area contributed by atoms with Crippen LogP contribution in [0.2, 0.25) is 0 Å². The lowest BCUT2D eigenvalue weighted by Gasteiger charge is -2.11. The lowest BCUT2D eigenvalue weighted by molar-refractivity contribution is -0.142. The largest absolute Gasteiger partial charge is 0.466 e. The van der Waals surface area contributed by atoms with Crippen LogP contribution in [0.1, 0.15) is 12.7 Å². The van der Waals surface area contributed by atoms with E-state index in [1.54, 1.807) is 6.92 Å². The Morgan fingerprint density at radius 1 is 0.815 bits per heavy atom. The molecule has 134 valence electrons. The van der Waals surface area contributed by atoms with E-state index in [1.807, 2.05) is 54.6 Å². The number of fused-ring (bicyclic) bond motifs is 1. The van der Waals surface area contributed by atoms with Crippen LogP contribution in [0.25, 0.3) is 33.6 Å². The van der Waals surface area contributed by atoms with Crippen LogP contribution in [-0.2, 0) is 16.0 Å². The number of benzene rings is 2. The fourth-order valence-electron chi connectivity index (χ4n) is 3.25. The molecule has 0 saturated carbocycles.